The average molecular weight is 359 g/mol. The van der Waals surface area contributed by atoms with E-state index in [1.54, 1.807) is 19.2 Å². The highest BCUT2D eigenvalue weighted by Crippen LogP contribution is 2.43. The van der Waals surface area contributed by atoms with E-state index in [0.717, 1.165) is 34.3 Å². The van der Waals surface area contributed by atoms with Crippen molar-refractivity contribution in [3.8, 4) is 11.8 Å². The van der Waals surface area contributed by atoms with E-state index in [1.807, 2.05) is 35.2 Å². The van der Waals surface area contributed by atoms with Crippen LogP contribution in [0.25, 0.3) is 10.9 Å². The molecule has 0 bridgehead atoms. The first-order valence-electron chi connectivity index (χ1n) is 8.83. The number of rotatable bonds is 2. The predicted molar refractivity (Wildman–Crippen MR) is 98.5 cm³/mol. The van der Waals surface area contributed by atoms with Crippen molar-refractivity contribution in [3.63, 3.8) is 0 Å². The topological polar surface area (TPSA) is 78.3 Å². The summed E-state index contributed by atoms with van der Waals surface area (Å²) in [6.45, 7) is 0.391. The number of aromatic amines is 1. The molecule has 5 rings (SSSR count). The molecule has 0 spiro atoms. The summed E-state index contributed by atoms with van der Waals surface area (Å²) in [5, 5.41) is 10.2. The lowest BCUT2D eigenvalue weighted by Gasteiger charge is -2.35. The quantitative estimate of drug-likeness (QED) is 0.759. The third kappa shape index (κ3) is 2.28. The second-order valence-corrected chi connectivity index (χ2v) is 6.91. The second kappa shape index (κ2) is 5.78. The van der Waals surface area contributed by atoms with Gasteiger partial charge in [0.15, 0.2) is 0 Å². The number of fused-ring (bicyclic) bond motifs is 4. The SMILES string of the molecule is COc1ccc2[nH]c3c(c2c1)CC1COC(=O)N1C3c1ccc(C#N)cc1. The summed E-state index contributed by atoms with van der Waals surface area (Å²) in [6, 6.07) is 15.2. The van der Waals surface area contributed by atoms with Gasteiger partial charge in [-0.15, -0.1) is 0 Å². The van der Waals surface area contributed by atoms with Crippen LogP contribution in [0.2, 0.25) is 0 Å². The highest BCUT2D eigenvalue weighted by molar-refractivity contribution is 5.87. The van der Waals surface area contributed by atoms with E-state index in [2.05, 4.69) is 11.1 Å². The molecule has 1 amide bonds. The Morgan fingerprint density at radius 1 is 1.26 bits per heavy atom. The van der Waals surface area contributed by atoms with Gasteiger partial charge in [0.25, 0.3) is 0 Å². The van der Waals surface area contributed by atoms with Gasteiger partial charge in [-0.2, -0.15) is 5.26 Å². The number of H-pyrrole nitrogens is 1. The number of nitriles is 1. The number of carbonyl (C=O) groups is 1. The normalized spacial score (nSPS) is 20.7. The summed E-state index contributed by atoms with van der Waals surface area (Å²) < 4.78 is 10.7. The number of aromatic nitrogens is 1. The van der Waals surface area contributed by atoms with Crippen LogP contribution < -0.4 is 4.74 Å². The van der Waals surface area contributed by atoms with Gasteiger partial charge in [-0.3, -0.25) is 4.90 Å². The molecule has 3 aromatic rings. The first-order chi connectivity index (χ1) is 13.2. The minimum Gasteiger partial charge on any atom is -0.497 e. The third-order valence-electron chi connectivity index (χ3n) is 5.50. The molecule has 6 heteroatoms. The summed E-state index contributed by atoms with van der Waals surface area (Å²) in [7, 11) is 1.66. The van der Waals surface area contributed by atoms with E-state index < -0.39 is 0 Å². The maximum atomic E-state index is 12.5. The maximum absolute atomic E-state index is 12.5. The van der Waals surface area contributed by atoms with Crippen LogP contribution in [0, 0.1) is 11.3 Å². The molecule has 1 saturated heterocycles. The molecule has 27 heavy (non-hydrogen) atoms. The van der Waals surface area contributed by atoms with Crippen molar-refractivity contribution in [1.29, 1.82) is 5.26 Å². The van der Waals surface area contributed by atoms with Crippen molar-refractivity contribution in [2.24, 2.45) is 0 Å². The summed E-state index contributed by atoms with van der Waals surface area (Å²) in [4.78, 5) is 17.8. The average Bonchev–Trinajstić information content (AvgIpc) is 3.26. The Kier molecular flexibility index (Phi) is 3.37. The molecule has 2 aliphatic heterocycles. The summed E-state index contributed by atoms with van der Waals surface area (Å²) >= 11 is 0. The fraction of sp³-hybridized carbons (Fsp3) is 0.238. The molecule has 6 nitrogen and oxygen atoms in total. The van der Waals surface area contributed by atoms with E-state index in [4.69, 9.17) is 14.7 Å². The van der Waals surface area contributed by atoms with E-state index in [9.17, 15) is 4.79 Å². The van der Waals surface area contributed by atoms with Gasteiger partial charge in [-0.05, 0) is 47.9 Å². The Hall–Kier alpha value is -3.46. The van der Waals surface area contributed by atoms with E-state index >= 15 is 0 Å². The molecule has 2 aliphatic rings. The number of carbonyl (C=O) groups excluding carboxylic acids is 1. The number of nitrogens with one attached hydrogen (secondary N) is 1. The third-order valence-corrected chi connectivity index (χ3v) is 5.50. The maximum Gasteiger partial charge on any atom is 0.411 e. The van der Waals surface area contributed by atoms with Crippen LogP contribution in [-0.4, -0.2) is 35.7 Å². The molecule has 0 aliphatic carbocycles. The number of nitrogens with zero attached hydrogens (tertiary/aromatic N) is 2. The van der Waals surface area contributed by atoms with Crippen LogP contribution in [0.1, 0.15) is 28.4 Å². The minimum atomic E-state index is -0.295. The van der Waals surface area contributed by atoms with E-state index in [1.165, 1.54) is 5.56 Å². The number of cyclic esters (lactones) is 1. The number of hydrogen-bond donors (Lipinski definition) is 1. The van der Waals surface area contributed by atoms with Gasteiger partial charge in [-0.1, -0.05) is 12.1 Å². The fourth-order valence-electron chi connectivity index (χ4n) is 4.21. The van der Waals surface area contributed by atoms with Crippen molar-refractivity contribution < 1.29 is 14.3 Å². The molecule has 2 aromatic carbocycles. The molecule has 1 fully saturated rings. The molecular formula is C21H17N3O3. The molecule has 1 N–H and O–H groups in total. The number of ether oxygens (including phenoxy) is 2. The minimum absolute atomic E-state index is 0.00385. The Labute approximate surface area is 155 Å². The monoisotopic (exact) mass is 359 g/mol. The van der Waals surface area contributed by atoms with Crippen molar-refractivity contribution in [2.75, 3.05) is 13.7 Å². The molecule has 0 saturated carbocycles. The number of hydrogen-bond acceptors (Lipinski definition) is 4. The standard InChI is InChI=1S/C21H17N3O3/c1-26-15-6-7-18-16(9-15)17-8-14-11-27-21(25)24(14)20(19(17)23-18)13-4-2-12(10-22)3-5-13/h2-7,9,14,20,23H,8,11H2,1H3. The van der Waals surface area contributed by atoms with Crippen LogP contribution in [0.5, 0.6) is 5.75 Å². The Bertz CT molecular complexity index is 1090. The smallest absolute Gasteiger partial charge is 0.411 e. The zero-order valence-electron chi connectivity index (χ0n) is 14.7. The van der Waals surface area contributed by atoms with Crippen LogP contribution in [-0.2, 0) is 11.2 Å². The highest BCUT2D eigenvalue weighted by atomic mass is 16.6. The zero-order valence-corrected chi connectivity index (χ0v) is 14.7. The Morgan fingerprint density at radius 3 is 2.81 bits per heavy atom. The zero-order chi connectivity index (χ0) is 18.5. The lowest BCUT2D eigenvalue weighted by Crippen LogP contribution is -2.42. The van der Waals surface area contributed by atoms with Crippen molar-refractivity contribution in [1.82, 2.24) is 9.88 Å². The first-order valence-corrected chi connectivity index (χ1v) is 8.83. The number of methoxy groups -OCH3 is 1. The second-order valence-electron chi connectivity index (χ2n) is 6.91. The molecular weight excluding hydrogens is 342 g/mol. The highest BCUT2D eigenvalue weighted by Gasteiger charge is 2.45. The summed E-state index contributed by atoms with van der Waals surface area (Å²) in [6.07, 6.45) is 0.442. The lowest BCUT2D eigenvalue weighted by atomic mass is 9.89. The molecule has 3 heterocycles. The van der Waals surface area contributed by atoms with Gasteiger partial charge in [0, 0.05) is 16.6 Å². The van der Waals surface area contributed by atoms with E-state index in [-0.39, 0.29) is 18.2 Å². The van der Waals surface area contributed by atoms with Crippen LogP contribution in [0.4, 0.5) is 4.79 Å². The van der Waals surface area contributed by atoms with Crippen LogP contribution >= 0.6 is 0 Å². The predicted octanol–water partition coefficient (Wildman–Crippen LogP) is 3.51. The van der Waals surface area contributed by atoms with Crippen molar-refractivity contribution in [3.05, 3.63) is 64.8 Å². The number of benzene rings is 2. The van der Waals surface area contributed by atoms with Gasteiger partial charge in [-0.25, -0.2) is 4.79 Å². The molecule has 2 atom stereocenters. The fourth-order valence-corrected chi connectivity index (χ4v) is 4.21. The van der Waals surface area contributed by atoms with Crippen LogP contribution in [0.3, 0.4) is 0 Å². The van der Waals surface area contributed by atoms with Crippen molar-refractivity contribution in [2.45, 2.75) is 18.5 Å². The van der Waals surface area contributed by atoms with Gasteiger partial charge < -0.3 is 14.5 Å². The lowest BCUT2D eigenvalue weighted by molar-refractivity contribution is 0.147. The van der Waals surface area contributed by atoms with Crippen LogP contribution in [0.15, 0.2) is 42.5 Å². The van der Waals surface area contributed by atoms with Gasteiger partial charge >= 0.3 is 6.09 Å². The van der Waals surface area contributed by atoms with Gasteiger partial charge in [0.2, 0.25) is 0 Å². The van der Waals surface area contributed by atoms with Gasteiger partial charge in [0.05, 0.1) is 24.8 Å². The molecule has 134 valence electrons. The summed E-state index contributed by atoms with van der Waals surface area (Å²) in [5.41, 5.74) is 4.76. The van der Waals surface area contributed by atoms with Crippen molar-refractivity contribution >= 4 is 17.0 Å². The summed E-state index contributed by atoms with van der Waals surface area (Å²) in [5.74, 6) is 0.806. The first kappa shape index (κ1) is 15.8. The Morgan fingerprint density at radius 2 is 2.07 bits per heavy atom. The Balaban J connectivity index is 1.72. The largest absolute Gasteiger partial charge is 0.497 e. The van der Waals surface area contributed by atoms with E-state index in [0.29, 0.717) is 12.2 Å². The van der Waals surface area contributed by atoms with Gasteiger partial charge in [0.1, 0.15) is 18.4 Å². The molecule has 1 aromatic heterocycles. The number of amides is 1. The molecule has 0 radical (unpaired) electrons. The molecule has 2 unspecified atom stereocenters.